The Morgan fingerprint density at radius 1 is 1.36 bits per heavy atom. The predicted molar refractivity (Wildman–Crippen MR) is 45.5 cm³/mol. The molecule has 4 heteroatoms. The smallest absolute Gasteiger partial charge is 0.320 e. The summed E-state index contributed by atoms with van der Waals surface area (Å²) >= 11 is 5.07. The molecule has 2 aliphatic rings. The Balaban J connectivity index is 2.24. The summed E-state index contributed by atoms with van der Waals surface area (Å²) in [5.41, 5.74) is -0.160. The predicted octanol–water partition coefficient (Wildman–Crippen LogP) is 0.939. The SMILES string of the molecule is O=C1NC(=S)C2(CCCC2)N1. The van der Waals surface area contributed by atoms with Crippen LogP contribution in [-0.4, -0.2) is 16.6 Å². The van der Waals surface area contributed by atoms with E-state index in [2.05, 4.69) is 10.6 Å². The van der Waals surface area contributed by atoms with Crippen LogP contribution in [0.1, 0.15) is 25.7 Å². The van der Waals surface area contributed by atoms with Crippen molar-refractivity contribution in [3.05, 3.63) is 0 Å². The number of urea groups is 1. The molecule has 0 aromatic rings. The molecule has 3 nitrogen and oxygen atoms in total. The number of rotatable bonds is 0. The first kappa shape index (κ1) is 7.03. The van der Waals surface area contributed by atoms with Crippen molar-refractivity contribution in [2.45, 2.75) is 31.2 Å². The summed E-state index contributed by atoms with van der Waals surface area (Å²) in [5.74, 6) is 0. The Bertz CT molecular complexity index is 220. The van der Waals surface area contributed by atoms with E-state index < -0.39 is 0 Å². The summed E-state index contributed by atoms with van der Waals surface area (Å²) in [6.07, 6.45) is 4.35. The maximum absolute atomic E-state index is 10.9. The van der Waals surface area contributed by atoms with E-state index in [1.54, 1.807) is 0 Å². The Hall–Kier alpha value is -0.640. The van der Waals surface area contributed by atoms with Crippen LogP contribution < -0.4 is 10.6 Å². The molecule has 2 rings (SSSR count). The second-order valence-electron chi connectivity index (χ2n) is 3.20. The topological polar surface area (TPSA) is 41.1 Å². The van der Waals surface area contributed by atoms with E-state index in [1.807, 2.05) is 0 Å². The van der Waals surface area contributed by atoms with E-state index in [-0.39, 0.29) is 11.6 Å². The van der Waals surface area contributed by atoms with Gasteiger partial charge >= 0.3 is 6.03 Å². The normalized spacial score (nSPS) is 27.3. The molecular formula is C7H10N2OS. The van der Waals surface area contributed by atoms with Gasteiger partial charge in [-0.3, -0.25) is 0 Å². The Labute approximate surface area is 70.5 Å². The molecule has 0 unspecified atom stereocenters. The Morgan fingerprint density at radius 2 is 2.00 bits per heavy atom. The molecule has 2 fully saturated rings. The third-order valence-electron chi connectivity index (χ3n) is 2.47. The highest BCUT2D eigenvalue weighted by Gasteiger charge is 2.44. The van der Waals surface area contributed by atoms with Crippen molar-refractivity contribution in [2.75, 3.05) is 0 Å². The second-order valence-corrected chi connectivity index (χ2v) is 3.61. The molecule has 1 spiro atoms. The molecule has 1 saturated carbocycles. The van der Waals surface area contributed by atoms with Crippen LogP contribution in [0.25, 0.3) is 0 Å². The van der Waals surface area contributed by atoms with E-state index in [0.717, 1.165) is 12.8 Å². The molecule has 0 bridgehead atoms. The van der Waals surface area contributed by atoms with Crippen molar-refractivity contribution in [1.82, 2.24) is 10.6 Å². The van der Waals surface area contributed by atoms with E-state index in [9.17, 15) is 4.79 Å². The van der Waals surface area contributed by atoms with Gasteiger partial charge in [-0.15, -0.1) is 0 Å². The van der Waals surface area contributed by atoms with Crippen molar-refractivity contribution in [3.63, 3.8) is 0 Å². The third kappa shape index (κ3) is 0.929. The van der Waals surface area contributed by atoms with Crippen LogP contribution in [0.5, 0.6) is 0 Å². The fraction of sp³-hybridized carbons (Fsp3) is 0.714. The first-order valence-corrected chi connectivity index (χ1v) is 4.27. The van der Waals surface area contributed by atoms with Crippen LogP contribution in [0.4, 0.5) is 4.79 Å². The van der Waals surface area contributed by atoms with Gasteiger partial charge in [-0.2, -0.15) is 0 Å². The molecule has 1 heterocycles. The van der Waals surface area contributed by atoms with Crippen molar-refractivity contribution in [3.8, 4) is 0 Å². The van der Waals surface area contributed by atoms with Gasteiger partial charge in [-0.05, 0) is 12.8 Å². The van der Waals surface area contributed by atoms with Crippen molar-refractivity contribution >= 4 is 23.2 Å². The number of carbonyl (C=O) groups excluding carboxylic acids is 1. The number of thiocarbonyl (C=S) groups is 1. The highest BCUT2D eigenvalue weighted by molar-refractivity contribution is 7.80. The quantitative estimate of drug-likeness (QED) is 0.531. The zero-order valence-electron chi connectivity index (χ0n) is 6.14. The second kappa shape index (κ2) is 2.17. The summed E-state index contributed by atoms with van der Waals surface area (Å²) < 4.78 is 0. The largest absolute Gasteiger partial charge is 0.326 e. The molecule has 0 atom stereocenters. The summed E-state index contributed by atoms with van der Waals surface area (Å²) in [7, 11) is 0. The molecule has 2 amide bonds. The summed E-state index contributed by atoms with van der Waals surface area (Å²) in [4.78, 5) is 11.6. The summed E-state index contributed by atoms with van der Waals surface area (Å²) in [6.45, 7) is 0. The van der Waals surface area contributed by atoms with Gasteiger partial charge in [-0.1, -0.05) is 25.1 Å². The highest BCUT2D eigenvalue weighted by Crippen LogP contribution is 2.32. The molecule has 0 aromatic carbocycles. The zero-order valence-corrected chi connectivity index (χ0v) is 6.96. The Kier molecular flexibility index (Phi) is 1.39. The van der Waals surface area contributed by atoms with Gasteiger partial charge in [0.15, 0.2) is 0 Å². The van der Waals surface area contributed by atoms with Crippen LogP contribution in [0.2, 0.25) is 0 Å². The average Bonchev–Trinajstić information content (AvgIpc) is 2.45. The molecule has 60 valence electrons. The van der Waals surface area contributed by atoms with Gasteiger partial charge in [0.05, 0.1) is 5.54 Å². The van der Waals surface area contributed by atoms with Gasteiger partial charge in [-0.25, -0.2) is 4.79 Å². The van der Waals surface area contributed by atoms with E-state index in [4.69, 9.17) is 12.2 Å². The first-order chi connectivity index (χ1) is 5.23. The van der Waals surface area contributed by atoms with Crippen LogP contribution >= 0.6 is 12.2 Å². The molecule has 1 aliphatic heterocycles. The monoisotopic (exact) mass is 170 g/mol. The standard InChI is InChI=1S/C7H10N2OS/c10-6-8-5(11)7(9-6)3-1-2-4-7/h1-4H2,(H2,8,9,10,11). The molecule has 1 saturated heterocycles. The van der Waals surface area contributed by atoms with Crippen molar-refractivity contribution in [1.29, 1.82) is 0 Å². The van der Waals surface area contributed by atoms with Crippen molar-refractivity contribution < 1.29 is 4.79 Å². The molecule has 1 aliphatic carbocycles. The number of hydrogen-bond donors (Lipinski definition) is 2. The fourth-order valence-electron chi connectivity index (χ4n) is 1.86. The van der Waals surface area contributed by atoms with Gasteiger partial charge in [0, 0.05) is 0 Å². The first-order valence-electron chi connectivity index (χ1n) is 3.87. The lowest BCUT2D eigenvalue weighted by molar-refractivity contribution is 0.244. The van der Waals surface area contributed by atoms with Crippen LogP contribution in [-0.2, 0) is 0 Å². The van der Waals surface area contributed by atoms with Crippen molar-refractivity contribution in [2.24, 2.45) is 0 Å². The number of carbonyl (C=O) groups is 1. The molecule has 11 heavy (non-hydrogen) atoms. The molecule has 0 aromatic heterocycles. The van der Waals surface area contributed by atoms with Crippen LogP contribution in [0, 0.1) is 0 Å². The summed E-state index contributed by atoms with van der Waals surface area (Å²) in [5, 5.41) is 5.52. The fourth-order valence-corrected chi connectivity index (χ4v) is 2.21. The lowest BCUT2D eigenvalue weighted by atomic mass is 10.00. The number of nitrogens with one attached hydrogen (secondary N) is 2. The third-order valence-corrected chi connectivity index (χ3v) is 2.96. The van der Waals surface area contributed by atoms with Crippen LogP contribution in [0.15, 0.2) is 0 Å². The summed E-state index contributed by atoms with van der Waals surface area (Å²) in [6, 6.07) is -0.128. The minimum absolute atomic E-state index is 0.128. The number of amides is 2. The molecule has 0 radical (unpaired) electrons. The van der Waals surface area contributed by atoms with Gasteiger partial charge in [0.25, 0.3) is 0 Å². The van der Waals surface area contributed by atoms with E-state index in [0.29, 0.717) is 4.99 Å². The minimum Gasteiger partial charge on any atom is -0.326 e. The Morgan fingerprint density at radius 3 is 2.45 bits per heavy atom. The van der Waals surface area contributed by atoms with Crippen LogP contribution in [0.3, 0.4) is 0 Å². The van der Waals surface area contributed by atoms with Gasteiger partial charge in [0.1, 0.15) is 4.99 Å². The highest BCUT2D eigenvalue weighted by atomic mass is 32.1. The lowest BCUT2D eigenvalue weighted by Gasteiger charge is -2.20. The average molecular weight is 170 g/mol. The minimum atomic E-state index is -0.160. The maximum Gasteiger partial charge on any atom is 0.320 e. The lowest BCUT2D eigenvalue weighted by Crippen LogP contribution is -2.42. The maximum atomic E-state index is 10.9. The molecular weight excluding hydrogens is 160 g/mol. The molecule has 2 N–H and O–H groups in total. The van der Waals surface area contributed by atoms with E-state index >= 15 is 0 Å². The number of hydrogen-bond acceptors (Lipinski definition) is 2. The zero-order chi connectivity index (χ0) is 7.90. The van der Waals surface area contributed by atoms with Gasteiger partial charge in [0.2, 0.25) is 0 Å². The van der Waals surface area contributed by atoms with Gasteiger partial charge < -0.3 is 10.6 Å². The van der Waals surface area contributed by atoms with E-state index in [1.165, 1.54) is 12.8 Å².